The number of hydrogen-bond donors (Lipinski definition) is 2. The average Bonchev–Trinajstić information content (AvgIpc) is 3.23. The number of carbonyl (C=O) groups is 1. The predicted octanol–water partition coefficient (Wildman–Crippen LogP) is 7.80. The van der Waals surface area contributed by atoms with E-state index in [1.807, 2.05) is 43.3 Å². The van der Waals surface area contributed by atoms with Crippen molar-refractivity contribution in [2.75, 3.05) is 33.5 Å². The largest absolute Gasteiger partial charge is 0.487 e. The zero-order chi connectivity index (χ0) is 41.9. The number of fused-ring (bicyclic) bond motifs is 2. The van der Waals surface area contributed by atoms with Gasteiger partial charge in [-0.05, 0) is 105 Å². The van der Waals surface area contributed by atoms with E-state index in [1.165, 1.54) is 17.0 Å². The molecule has 3 aliphatic rings. The Balaban J connectivity index is 1.51. The third kappa shape index (κ3) is 9.77. The van der Waals surface area contributed by atoms with E-state index in [9.17, 15) is 25.1 Å². The van der Waals surface area contributed by atoms with Gasteiger partial charge in [-0.3, -0.25) is 15.1 Å². The number of oxime groups is 1. The van der Waals surface area contributed by atoms with Crippen molar-refractivity contribution in [3.63, 3.8) is 0 Å². The summed E-state index contributed by atoms with van der Waals surface area (Å²) in [6.07, 6.45) is 8.03. The van der Waals surface area contributed by atoms with Crippen LogP contribution < -0.4 is 9.47 Å². The second-order valence-electron chi connectivity index (χ2n) is 15.3. The van der Waals surface area contributed by atoms with Crippen LogP contribution in [0.1, 0.15) is 80.3 Å². The minimum Gasteiger partial charge on any atom is -0.487 e. The number of aliphatic hydroxyl groups is 2. The van der Waals surface area contributed by atoms with Crippen molar-refractivity contribution in [1.82, 2.24) is 9.88 Å². The molecule has 2 heterocycles. The summed E-state index contributed by atoms with van der Waals surface area (Å²) < 4.78 is 26.0. The molecule has 0 radical (unpaired) electrons. The van der Waals surface area contributed by atoms with Crippen LogP contribution in [0.15, 0.2) is 90.1 Å². The number of aryl methyl sites for hydroxylation is 1. The van der Waals surface area contributed by atoms with Gasteiger partial charge in [0.15, 0.2) is 0 Å². The minimum absolute atomic E-state index is 0.0230. The van der Waals surface area contributed by atoms with Gasteiger partial charge in [0, 0.05) is 56.0 Å². The fourth-order valence-electron chi connectivity index (χ4n) is 8.91. The Morgan fingerprint density at radius 1 is 1.08 bits per heavy atom. The first kappa shape index (κ1) is 43.3. The molecule has 0 bridgehead atoms. The van der Waals surface area contributed by atoms with E-state index in [1.54, 1.807) is 32.2 Å². The van der Waals surface area contributed by atoms with E-state index in [0.29, 0.717) is 35.6 Å². The summed E-state index contributed by atoms with van der Waals surface area (Å²) in [5, 5.41) is 35.8. The van der Waals surface area contributed by atoms with Gasteiger partial charge >= 0.3 is 6.09 Å². The number of aromatic nitrogens is 1. The lowest BCUT2D eigenvalue weighted by molar-refractivity contribution is -0.384. The van der Waals surface area contributed by atoms with Crippen LogP contribution in [0.4, 0.5) is 10.5 Å². The highest BCUT2D eigenvalue weighted by molar-refractivity contribution is 6.02. The van der Waals surface area contributed by atoms with Gasteiger partial charge in [-0.15, -0.1) is 6.58 Å². The molecule has 0 spiro atoms. The molecule has 59 heavy (non-hydrogen) atoms. The number of amides is 1. The number of rotatable bonds is 20. The number of ether oxygens (including phenoxy) is 4. The standard InChI is InChI=1S/C45H56N4O10/c1-5-24-57-45-41(48(4)44(52)55-6-2)27-39(47-58-28-31-16-18-34(19-17-31)49(53)54)37-25-32(13-7-9-22-50)36(15-8-10-23-51)42(43(37)45)38-26-35(20-21-40(38)59-45)56-29-33-14-11-12-30(3)46-33/h5,11-12,14,16-21,25-26,32,36,41-43,50-51H,1,6-10,13,15,22-24,27-29H2,2-4H3. The first-order chi connectivity index (χ1) is 28.6. The third-order valence-electron chi connectivity index (χ3n) is 11.6. The van der Waals surface area contributed by atoms with E-state index in [-0.39, 0.29) is 69.5 Å². The summed E-state index contributed by atoms with van der Waals surface area (Å²) in [7, 11) is 1.68. The summed E-state index contributed by atoms with van der Waals surface area (Å²) in [5.41, 5.74) is 4.80. The number of aliphatic hydroxyl groups excluding tert-OH is 2. The van der Waals surface area contributed by atoms with Gasteiger partial charge in [-0.1, -0.05) is 36.2 Å². The number of non-ortho nitro benzene ring substituents is 1. The number of likely N-dealkylation sites (N-methyl/N-ethyl adjacent to an activating group) is 1. The molecule has 6 unspecified atom stereocenters. The number of unbranched alkanes of at least 4 members (excludes halogenated alkanes) is 2. The van der Waals surface area contributed by atoms with E-state index < -0.39 is 28.8 Å². The molecule has 2 aromatic carbocycles. The number of allylic oxidation sites excluding steroid dienone is 1. The zero-order valence-corrected chi connectivity index (χ0v) is 34.2. The topological polar surface area (TPSA) is 175 Å². The van der Waals surface area contributed by atoms with Crippen LogP contribution in [0.25, 0.3) is 0 Å². The third-order valence-corrected chi connectivity index (χ3v) is 11.6. The summed E-state index contributed by atoms with van der Waals surface area (Å²) in [6, 6.07) is 17.0. The molecule has 316 valence electrons. The minimum atomic E-state index is -1.42. The molecular weight excluding hydrogens is 757 g/mol. The fourth-order valence-corrected chi connectivity index (χ4v) is 8.91. The van der Waals surface area contributed by atoms with Gasteiger partial charge in [0.05, 0.1) is 35.5 Å². The van der Waals surface area contributed by atoms with Crippen molar-refractivity contribution in [3.8, 4) is 11.5 Å². The Bertz CT molecular complexity index is 1990. The highest BCUT2D eigenvalue weighted by Gasteiger charge is 2.65. The van der Waals surface area contributed by atoms with Crippen LogP contribution in [0.3, 0.4) is 0 Å². The molecule has 0 saturated heterocycles. The number of nitrogens with zero attached hydrogens (tertiary/aromatic N) is 4. The maximum absolute atomic E-state index is 13.7. The summed E-state index contributed by atoms with van der Waals surface area (Å²) in [5.74, 6) is -0.833. The Labute approximate surface area is 345 Å². The Morgan fingerprint density at radius 3 is 2.54 bits per heavy atom. The maximum Gasteiger partial charge on any atom is 0.409 e. The molecule has 1 saturated carbocycles. The zero-order valence-electron chi connectivity index (χ0n) is 34.2. The van der Waals surface area contributed by atoms with Crippen molar-refractivity contribution in [3.05, 3.63) is 118 Å². The SMILES string of the molecule is C=CCOC12Oc3ccc(OCc4cccc(C)n4)cc3C3C(CCCCO)C(CCCCO)C=C(C(=NOCc4ccc([N+](=O)[O-])cc4)CC1N(C)C(=O)OCC)C32. The highest BCUT2D eigenvalue weighted by atomic mass is 16.7. The Kier molecular flexibility index (Phi) is 14.7. The predicted molar refractivity (Wildman–Crippen MR) is 221 cm³/mol. The summed E-state index contributed by atoms with van der Waals surface area (Å²) in [4.78, 5) is 36.7. The van der Waals surface area contributed by atoms with E-state index >= 15 is 0 Å². The molecular formula is C45H56N4O10. The second kappa shape index (κ2) is 20.1. The Hall–Kier alpha value is -5.31. The maximum atomic E-state index is 13.7. The fraction of sp³-hybridized carbons (Fsp3) is 0.489. The monoisotopic (exact) mass is 812 g/mol. The normalized spacial score (nSPS) is 23.6. The molecule has 14 nitrogen and oxygen atoms in total. The van der Waals surface area contributed by atoms with Crippen LogP contribution in [0, 0.1) is 34.8 Å². The van der Waals surface area contributed by atoms with Crippen LogP contribution in [-0.2, 0) is 27.5 Å². The second-order valence-corrected chi connectivity index (χ2v) is 15.3. The molecule has 6 atom stereocenters. The first-order valence-corrected chi connectivity index (χ1v) is 20.5. The molecule has 1 aliphatic heterocycles. The van der Waals surface area contributed by atoms with Gasteiger partial charge in [-0.25, -0.2) is 4.79 Å². The molecule has 2 N–H and O–H groups in total. The van der Waals surface area contributed by atoms with Crippen LogP contribution >= 0.6 is 0 Å². The highest BCUT2D eigenvalue weighted by Crippen LogP contribution is 2.61. The molecule has 1 aromatic heterocycles. The lowest BCUT2D eigenvalue weighted by Gasteiger charge is -2.59. The molecule has 1 fully saturated rings. The average molecular weight is 813 g/mol. The van der Waals surface area contributed by atoms with Crippen LogP contribution in [0.2, 0.25) is 0 Å². The summed E-state index contributed by atoms with van der Waals surface area (Å²) in [6.45, 7) is 8.43. The number of hydrogen-bond acceptors (Lipinski definition) is 12. The van der Waals surface area contributed by atoms with Gasteiger partial charge in [0.2, 0.25) is 5.79 Å². The van der Waals surface area contributed by atoms with Crippen molar-refractivity contribution in [2.45, 2.75) is 89.8 Å². The number of carbonyl (C=O) groups excluding carboxylic acids is 1. The number of benzene rings is 2. The molecule has 14 heteroatoms. The Morgan fingerprint density at radius 2 is 1.85 bits per heavy atom. The van der Waals surface area contributed by atoms with Crippen molar-refractivity contribution in [1.29, 1.82) is 0 Å². The number of nitro benzene ring substituents is 1. The van der Waals surface area contributed by atoms with Crippen molar-refractivity contribution in [2.24, 2.45) is 22.9 Å². The van der Waals surface area contributed by atoms with Gasteiger partial charge in [0.1, 0.15) is 30.8 Å². The van der Waals surface area contributed by atoms with Gasteiger partial charge in [0.25, 0.3) is 5.69 Å². The molecule has 6 rings (SSSR count). The smallest absolute Gasteiger partial charge is 0.409 e. The van der Waals surface area contributed by atoms with Crippen LogP contribution in [-0.4, -0.2) is 82.1 Å². The molecule has 2 aliphatic carbocycles. The van der Waals surface area contributed by atoms with Crippen LogP contribution in [0.5, 0.6) is 11.5 Å². The van der Waals surface area contributed by atoms with Crippen molar-refractivity contribution < 1.29 is 43.7 Å². The van der Waals surface area contributed by atoms with Crippen molar-refractivity contribution >= 4 is 17.5 Å². The van der Waals surface area contributed by atoms with E-state index in [4.69, 9.17) is 28.9 Å². The number of nitro groups is 1. The van der Waals surface area contributed by atoms with Gasteiger partial charge in [-0.2, -0.15) is 0 Å². The van der Waals surface area contributed by atoms with Gasteiger partial charge < -0.3 is 38.9 Å². The van der Waals surface area contributed by atoms with E-state index in [0.717, 1.165) is 48.2 Å². The number of pyridine rings is 1. The quantitative estimate of drug-likeness (QED) is 0.0493. The molecule has 3 aromatic rings. The van der Waals surface area contributed by atoms with E-state index in [2.05, 4.69) is 17.6 Å². The summed E-state index contributed by atoms with van der Waals surface area (Å²) >= 11 is 0. The molecule has 1 amide bonds. The first-order valence-electron chi connectivity index (χ1n) is 20.5. The lowest BCUT2D eigenvalue weighted by atomic mass is 9.55. The lowest BCUT2D eigenvalue weighted by Crippen LogP contribution is -2.69.